The van der Waals surface area contributed by atoms with E-state index in [2.05, 4.69) is 26.0 Å². The van der Waals surface area contributed by atoms with Crippen LogP contribution in [0.1, 0.15) is 18.3 Å². The molecule has 0 saturated heterocycles. The van der Waals surface area contributed by atoms with Crippen molar-refractivity contribution >= 4 is 29.6 Å². The Hall–Kier alpha value is -4.89. The molecule has 0 fully saturated rings. The normalized spacial score (nSPS) is 11.7. The number of aromatic nitrogens is 3. The van der Waals surface area contributed by atoms with Crippen molar-refractivity contribution in [3.05, 3.63) is 127 Å². The molecule has 8 nitrogen and oxygen atoms in total. The minimum atomic E-state index is -0.466. The summed E-state index contributed by atoms with van der Waals surface area (Å²) < 4.78 is 7.84. The first-order valence-corrected chi connectivity index (χ1v) is 13.6. The highest BCUT2D eigenvalue weighted by molar-refractivity contribution is 8.00. The van der Waals surface area contributed by atoms with Crippen LogP contribution >= 0.6 is 11.8 Å². The molecule has 200 valence electrons. The number of thioether (sulfide) groups is 1. The highest BCUT2D eigenvalue weighted by atomic mass is 32.2. The Labute approximate surface area is 237 Å². The molecule has 5 rings (SSSR count). The molecule has 0 unspecified atom stereocenters. The van der Waals surface area contributed by atoms with Crippen LogP contribution in [0.25, 0.3) is 5.69 Å². The predicted octanol–water partition coefficient (Wildman–Crippen LogP) is 6.30. The van der Waals surface area contributed by atoms with Gasteiger partial charge in [0, 0.05) is 11.4 Å². The van der Waals surface area contributed by atoms with Crippen molar-refractivity contribution < 1.29 is 9.53 Å². The number of benzene rings is 4. The molecule has 1 amide bonds. The molecule has 0 radical (unpaired) electrons. The second kappa shape index (κ2) is 13.3. The third-order valence-electron chi connectivity index (χ3n) is 5.82. The largest absolute Gasteiger partial charge is 0.457 e. The maximum atomic E-state index is 12.9. The molecule has 1 atom stereocenters. The predicted molar refractivity (Wildman–Crippen MR) is 159 cm³/mol. The van der Waals surface area contributed by atoms with Crippen molar-refractivity contribution in [1.29, 1.82) is 0 Å². The van der Waals surface area contributed by atoms with Crippen LogP contribution in [0.15, 0.2) is 126 Å². The lowest BCUT2D eigenvalue weighted by Crippen LogP contribution is -2.27. The van der Waals surface area contributed by atoms with Gasteiger partial charge in [-0.05, 0) is 61.0 Å². The average Bonchev–Trinajstić information content (AvgIpc) is 3.40. The highest BCUT2D eigenvalue weighted by Crippen LogP contribution is 2.26. The summed E-state index contributed by atoms with van der Waals surface area (Å²) >= 11 is 1.32. The van der Waals surface area contributed by atoms with Gasteiger partial charge >= 0.3 is 0 Å². The van der Waals surface area contributed by atoms with Gasteiger partial charge in [0.05, 0.1) is 18.0 Å². The summed E-state index contributed by atoms with van der Waals surface area (Å²) in [6.07, 6.45) is 1.59. The van der Waals surface area contributed by atoms with Gasteiger partial charge in [0.1, 0.15) is 11.5 Å². The molecular weight excluding hydrogens is 520 g/mol. The van der Waals surface area contributed by atoms with Crippen molar-refractivity contribution in [1.82, 2.24) is 20.2 Å². The van der Waals surface area contributed by atoms with E-state index in [0.717, 1.165) is 28.5 Å². The van der Waals surface area contributed by atoms with Crippen LogP contribution in [0.2, 0.25) is 0 Å². The summed E-state index contributed by atoms with van der Waals surface area (Å²) in [6, 6.07) is 36.8. The number of rotatable bonds is 11. The lowest BCUT2D eigenvalue weighted by Gasteiger charge is -2.13. The van der Waals surface area contributed by atoms with E-state index in [0.29, 0.717) is 17.5 Å². The molecule has 0 bridgehead atoms. The third-order valence-corrected chi connectivity index (χ3v) is 6.86. The van der Waals surface area contributed by atoms with E-state index in [9.17, 15) is 4.79 Å². The molecule has 0 aliphatic rings. The Balaban J connectivity index is 1.23. The zero-order valence-corrected chi connectivity index (χ0v) is 22.7. The molecular formula is C31H28N6O2S. The Morgan fingerprint density at radius 1 is 0.900 bits per heavy atom. The second-order valence-corrected chi connectivity index (χ2v) is 10.1. The van der Waals surface area contributed by atoms with Gasteiger partial charge in [0.15, 0.2) is 11.0 Å². The second-order valence-electron chi connectivity index (χ2n) is 8.77. The molecule has 1 heterocycles. The Bertz CT molecular complexity index is 1560. The van der Waals surface area contributed by atoms with Crippen molar-refractivity contribution in [2.75, 3.05) is 5.32 Å². The van der Waals surface area contributed by atoms with Crippen molar-refractivity contribution in [3.63, 3.8) is 0 Å². The van der Waals surface area contributed by atoms with E-state index >= 15 is 0 Å². The summed E-state index contributed by atoms with van der Waals surface area (Å²) in [7, 11) is 0. The zero-order valence-electron chi connectivity index (χ0n) is 21.8. The number of nitrogens with one attached hydrogen (secondary N) is 2. The number of anilines is 1. The Morgan fingerprint density at radius 2 is 1.57 bits per heavy atom. The molecule has 5 aromatic rings. The van der Waals surface area contributed by atoms with Crippen LogP contribution in [-0.2, 0) is 11.3 Å². The number of carbonyl (C=O) groups excluding carboxylic acids is 1. The number of hydrazone groups is 1. The standard InChI is InChI=1S/C31H28N6O2S/c1-23(30(38)35-33-21-24-12-11-19-28(20-24)39-27-17-9-4-10-18-27)40-31-36-34-29(22-32-25-13-5-2-6-14-25)37(31)26-15-7-3-8-16-26/h2-21,23,32H,22H2,1H3,(H,35,38)/b33-21-/t23-/m0/s1. The number of hydrogen-bond acceptors (Lipinski definition) is 7. The molecule has 4 aromatic carbocycles. The monoisotopic (exact) mass is 548 g/mol. The van der Waals surface area contributed by atoms with Crippen LogP contribution in [0.5, 0.6) is 11.5 Å². The van der Waals surface area contributed by atoms with E-state index < -0.39 is 5.25 Å². The van der Waals surface area contributed by atoms with E-state index in [4.69, 9.17) is 4.74 Å². The molecule has 1 aromatic heterocycles. The minimum Gasteiger partial charge on any atom is -0.457 e. The number of amides is 1. The SMILES string of the molecule is C[C@H](Sc1nnc(CNc2ccccc2)n1-c1ccccc1)C(=O)N/N=C\c1cccc(Oc2ccccc2)c1. The van der Waals surface area contributed by atoms with E-state index in [1.54, 1.807) is 6.21 Å². The lowest BCUT2D eigenvalue weighted by molar-refractivity contribution is -0.120. The van der Waals surface area contributed by atoms with Crippen molar-refractivity contribution in [2.45, 2.75) is 23.9 Å². The fourth-order valence-corrected chi connectivity index (χ4v) is 4.70. The highest BCUT2D eigenvalue weighted by Gasteiger charge is 2.21. The Morgan fingerprint density at radius 3 is 2.33 bits per heavy atom. The molecule has 0 saturated carbocycles. The maximum Gasteiger partial charge on any atom is 0.253 e. The van der Waals surface area contributed by atoms with Gasteiger partial charge < -0.3 is 10.1 Å². The van der Waals surface area contributed by atoms with E-state index in [1.165, 1.54) is 11.8 Å². The number of para-hydroxylation sites is 3. The zero-order chi connectivity index (χ0) is 27.6. The van der Waals surface area contributed by atoms with Gasteiger partial charge in [-0.2, -0.15) is 5.10 Å². The molecule has 40 heavy (non-hydrogen) atoms. The van der Waals surface area contributed by atoms with Crippen molar-refractivity contribution in [3.8, 4) is 17.2 Å². The summed E-state index contributed by atoms with van der Waals surface area (Å²) in [6.45, 7) is 2.29. The van der Waals surface area contributed by atoms with Crippen LogP contribution in [0.4, 0.5) is 5.69 Å². The number of hydrogen-bond donors (Lipinski definition) is 2. The summed E-state index contributed by atoms with van der Waals surface area (Å²) in [4.78, 5) is 12.9. The van der Waals surface area contributed by atoms with E-state index in [-0.39, 0.29) is 5.91 Å². The van der Waals surface area contributed by atoms with Crippen LogP contribution in [0.3, 0.4) is 0 Å². The maximum absolute atomic E-state index is 12.9. The summed E-state index contributed by atoms with van der Waals surface area (Å²) in [5, 5.41) is 16.5. The molecule has 0 aliphatic carbocycles. The van der Waals surface area contributed by atoms with Gasteiger partial charge in [-0.25, -0.2) is 5.43 Å². The van der Waals surface area contributed by atoms with Gasteiger partial charge in [0.25, 0.3) is 5.91 Å². The van der Waals surface area contributed by atoms with E-state index in [1.807, 2.05) is 127 Å². The Kier molecular flexibility index (Phi) is 8.85. The first-order chi connectivity index (χ1) is 19.7. The average molecular weight is 549 g/mol. The first-order valence-electron chi connectivity index (χ1n) is 12.8. The van der Waals surface area contributed by atoms with Gasteiger partial charge in [0.2, 0.25) is 0 Å². The molecule has 9 heteroatoms. The summed E-state index contributed by atoms with van der Waals surface area (Å²) in [5.74, 6) is 1.92. The molecule has 0 aliphatic heterocycles. The van der Waals surface area contributed by atoms with Crippen LogP contribution in [0, 0.1) is 0 Å². The first kappa shape index (κ1) is 26.7. The third kappa shape index (κ3) is 7.15. The smallest absolute Gasteiger partial charge is 0.253 e. The minimum absolute atomic E-state index is 0.246. The number of ether oxygens (including phenoxy) is 1. The summed E-state index contributed by atoms with van der Waals surface area (Å²) in [5.41, 5.74) is 5.34. The quantitative estimate of drug-likeness (QED) is 0.114. The number of carbonyl (C=O) groups is 1. The van der Waals surface area contributed by atoms with Gasteiger partial charge in [-0.3, -0.25) is 9.36 Å². The van der Waals surface area contributed by atoms with Gasteiger partial charge in [-0.1, -0.05) is 78.5 Å². The molecule has 0 spiro atoms. The van der Waals surface area contributed by atoms with Crippen LogP contribution < -0.4 is 15.5 Å². The van der Waals surface area contributed by atoms with Gasteiger partial charge in [-0.15, -0.1) is 10.2 Å². The molecule has 2 N–H and O–H groups in total. The fourth-order valence-electron chi connectivity index (χ4n) is 3.82. The fraction of sp³-hybridized carbons (Fsp3) is 0.0968. The van der Waals surface area contributed by atoms with Crippen LogP contribution in [-0.4, -0.2) is 32.1 Å². The number of nitrogens with zero attached hydrogens (tertiary/aromatic N) is 4. The lowest BCUT2D eigenvalue weighted by atomic mass is 10.2. The van der Waals surface area contributed by atoms with Crippen molar-refractivity contribution in [2.24, 2.45) is 5.10 Å². The topological polar surface area (TPSA) is 93.4 Å².